The number of rotatable bonds is 4. The van der Waals surface area contributed by atoms with Gasteiger partial charge in [-0.05, 0) is 37.1 Å². The molecule has 0 bridgehead atoms. The van der Waals surface area contributed by atoms with Crippen LogP contribution in [0, 0.1) is 18.8 Å². The van der Waals surface area contributed by atoms with E-state index >= 15 is 0 Å². The van der Waals surface area contributed by atoms with Crippen LogP contribution in [0.4, 0.5) is 0 Å². The molecule has 2 nitrogen and oxygen atoms in total. The van der Waals surface area contributed by atoms with Crippen LogP contribution in [-0.4, -0.2) is 12.5 Å². The summed E-state index contributed by atoms with van der Waals surface area (Å²) >= 11 is 1.56. The molecular weight excluding hydrogens is 278 g/mol. The molecule has 3 heteroatoms. The molecule has 21 heavy (non-hydrogen) atoms. The van der Waals surface area contributed by atoms with Gasteiger partial charge in [-0.3, -0.25) is 4.79 Å². The number of aryl methyl sites for hydroxylation is 2. The van der Waals surface area contributed by atoms with Crippen molar-refractivity contribution in [3.63, 3.8) is 0 Å². The molecule has 0 aliphatic rings. The molecule has 0 atom stereocenters. The minimum absolute atomic E-state index is 0.0344. The third-order valence-corrected chi connectivity index (χ3v) is 4.20. The van der Waals surface area contributed by atoms with Gasteiger partial charge in [0.15, 0.2) is 0 Å². The van der Waals surface area contributed by atoms with Gasteiger partial charge < -0.3 is 5.32 Å². The molecular formula is C18H19NOS. The Morgan fingerprint density at radius 3 is 2.76 bits per heavy atom. The highest BCUT2D eigenvalue weighted by molar-refractivity contribution is 7.14. The lowest BCUT2D eigenvalue weighted by molar-refractivity contribution is 0.0962. The van der Waals surface area contributed by atoms with Gasteiger partial charge in [0.25, 0.3) is 5.91 Å². The van der Waals surface area contributed by atoms with E-state index in [0.29, 0.717) is 6.54 Å². The maximum atomic E-state index is 12.1. The lowest BCUT2D eigenvalue weighted by atomic mass is 10.1. The molecule has 0 aliphatic heterocycles. The molecule has 2 rings (SSSR count). The highest BCUT2D eigenvalue weighted by Gasteiger charge is 2.10. The zero-order valence-electron chi connectivity index (χ0n) is 12.4. The number of amides is 1. The van der Waals surface area contributed by atoms with Crippen LogP contribution >= 0.6 is 11.3 Å². The minimum Gasteiger partial charge on any atom is -0.340 e. The number of nitrogens with one attached hydrogen (secondary N) is 1. The van der Waals surface area contributed by atoms with Gasteiger partial charge in [-0.1, -0.05) is 43.4 Å². The Bertz CT molecular complexity index is 662. The maximum Gasteiger partial charge on any atom is 0.262 e. The zero-order valence-corrected chi connectivity index (χ0v) is 13.2. The Kier molecular flexibility index (Phi) is 5.59. The van der Waals surface area contributed by atoms with Crippen LogP contribution in [0.3, 0.4) is 0 Å². The Balaban J connectivity index is 1.90. The standard InChI is InChI=1S/C18H19NOS/c1-3-8-16-13-17(21-14(16)2)18(20)19-12-7-11-15-9-5-4-6-10-15/h4-6,9-10,13H,3,8,12H2,1-2H3,(H,19,20). The molecule has 2 aromatic rings. The Hall–Kier alpha value is -2.05. The summed E-state index contributed by atoms with van der Waals surface area (Å²) in [5.41, 5.74) is 2.24. The van der Waals surface area contributed by atoms with E-state index in [2.05, 4.69) is 31.0 Å². The predicted molar refractivity (Wildman–Crippen MR) is 88.7 cm³/mol. The van der Waals surface area contributed by atoms with E-state index in [1.54, 1.807) is 11.3 Å². The molecule has 1 aromatic carbocycles. The molecule has 0 aliphatic carbocycles. The summed E-state index contributed by atoms with van der Waals surface area (Å²) in [6, 6.07) is 11.8. The maximum absolute atomic E-state index is 12.1. The van der Waals surface area contributed by atoms with E-state index in [4.69, 9.17) is 0 Å². The first-order valence-corrected chi connectivity index (χ1v) is 7.93. The molecule has 0 unspecified atom stereocenters. The molecule has 0 saturated heterocycles. The quantitative estimate of drug-likeness (QED) is 0.855. The van der Waals surface area contributed by atoms with Crippen molar-refractivity contribution in [3.8, 4) is 11.8 Å². The fraction of sp³-hybridized carbons (Fsp3) is 0.278. The Labute approximate surface area is 130 Å². The van der Waals surface area contributed by atoms with Gasteiger partial charge in [0.1, 0.15) is 0 Å². The molecule has 1 heterocycles. The summed E-state index contributed by atoms with van der Waals surface area (Å²) in [7, 11) is 0. The lowest BCUT2D eigenvalue weighted by Gasteiger charge is -1.97. The second-order valence-electron chi connectivity index (χ2n) is 4.79. The Morgan fingerprint density at radius 1 is 1.29 bits per heavy atom. The summed E-state index contributed by atoms with van der Waals surface area (Å²) in [6.07, 6.45) is 2.13. The zero-order chi connectivity index (χ0) is 15.1. The number of hydrogen-bond donors (Lipinski definition) is 1. The third kappa shape index (κ3) is 4.47. The van der Waals surface area contributed by atoms with Crippen molar-refractivity contribution in [1.82, 2.24) is 5.32 Å². The van der Waals surface area contributed by atoms with Crippen molar-refractivity contribution in [2.45, 2.75) is 26.7 Å². The molecule has 0 spiro atoms. The van der Waals surface area contributed by atoms with E-state index in [0.717, 1.165) is 23.3 Å². The third-order valence-electron chi connectivity index (χ3n) is 3.11. The molecule has 1 N–H and O–H groups in total. The first-order chi connectivity index (χ1) is 10.2. The average Bonchev–Trinajstić information content (AvgIpc) is 2.86. The van der Waals surface area contributed by atoms with E-state index in [1.807, 2.05) is 36.4 Å². The summed E-state index contributed by atoms with van der Waals surface area (Å²) in [5, 5.41) is 2.85. The van der Waals surface area contributed by atoms with Gasteiger partial charge in [0.2, 0.25) is 0 Å². The van der Waals surface area contributed by atoms with Crippen LogP contribution in [-0.2, 0) is 6.42 Å². The van der Waals surface area contributed by atoms with Crippen LogP contribution in [0.15, 0.2) is 36.4 Å². The number of carbonyl (C=O) groups excluding carboxylic acids is 1. The normalized spacial score (nSPS) is 9.81. The van der Waals surface area contributed by atoms with Crippen LogP contribution in [0.1, 0.15) is 39.0 Å². The van der Waals surface area contributed by atoms with Crippen molar-refractivity contribution in [1.29, 1.82) is 0 Å². The largest absolute Gasteiger partial charge is 0.340 e. The average molecular weight is 297 g/mol. The predicted octanol–water partition coefficient (Wildman–Crippen LogP) is 3.79. The summed E-state index contributed by atoms with van der Waals surface area (Å²) in [5.74, 6) is 5.96. The van der Waals surface area contributed by atoms with E-state index in [1.165, 1.54) is 10.4 Å². The van der Waals surface area contributed by atoms with Crippen molar-refractivity contribution in [3.05, 3.63) is 57.3 Å². The van der Waals surface area contributed by atoms with Gasteiger partial charge in [-0.25, -0.2) is 0 Å². The second-order valence-corrected chi connectivity index (χ2v) is 6.05. The minimum atomic E-state index is -0.0344. The first kappa shape index (κ1) is 15.3. The Morgan fingerprint density at radius 2 is 2.05 bits per heavy atom. The second kappa shape index (κ2) is 7.66. The van der Waals surface area contributed by atoms with Crippen molar-refractivity contribution >= 4 is 17.2 Å². The smallest absolute Gasteiger partial charge is 0.262 e. The van der Waals surface area contributed by atoms with Crippen LogP contribution in [0.25, 0.3) is 0 Å². The van der Waals surface area contributed by atoms with E-state index in [9.17, 15) is 4.79 Å². The fourth-order valence-corrected chi connectivity index (χ4v) is 3.02. The molecule has 0 saturated carbocycles. The van der Waals surface area contributed by atoms with Gasteiger partial charge in [0.05, 0.1) is 11.4 Å². The van der Waals surface area contributed by atoms with Gasteiger partial charge in [-0.2, -0.15) is 0 Å². The molecule has 0 fully saturated rings. The van der Waals surface area contributed by atoms with Crippen LogP contribution in [0.5, 0.6) is 0 Å². The van der Waals surface area contributed by atoms with Gasteiger partial charge in [-0.15, -0.1) is 11.3 Å². The van der Waals surface area contributed by atoms with Crippen molar-refractivity contribution in [2.24, 2.45) is 0 Å². The molecule has 108 valence electrons. The van der Waals surface area contributed by atoms with E-state index < -0.39 is 0 Å². The highest BCUT2D eigenvalue weighted by Crippen LogP contribution is 2.22. The molecule has 1 aromatic heterocycles. The van der Waals surface area contributed by atoms with Gasteiger partial charge in [0, 0.05) is 10.4 Å². The van der Waals surface area contributed by atoms with Crippen LogP contribution < -0.4 is 5.32 Å². The monoisotopic (exact) mass is 297 g/mol. The van der Waals surface area contributed by atoms with Crippen LogP contribution in [0.2, 0.25) is 0 Å². The first-order valence-electron chi connectivity index (χ1n) is 7.12. The summed E-state index contributed by atoms with van der Waals surface area (Å²) in [4.78, 5) is 14.1. The molecule has 0 radical (unpaired) electrons. The number of benzene rings is 1. The summed E-state index contributed by atoms with van der Waals surface area (Å²) in [6.45, 7) is 4.59. The number of hydrogen-bond acceptors (Lipinski definition) is 2. The van der Waals surface area contributed by atoms with E-state index in [-0.39, 0.29) is 5.91 Å². The topological polar surface area (TPSA) is 29.1 Å². The highest BCUT2D eigenvalue weighted by atomic mass is 32.1. The number of thiophene rings is 1. The van der Waals surface area contributed by atoms with Crippen molar-refractivity contribution < 1.29 is 4.79 Å². The number of carbonyl (C=O) groups is 1. The summed E-state index contributed by atoms with van der Waals surface area (Å²) < 4.78 is 0. The van der Waals surface area contributed by atoms with Crippen molar-refractivity contribution in [2.75, 3.05) is 6.54 Å². The lowest BCUT2D eigenvalue weighted by Crippen LogP contribution is -2.22. The van der Waals surface area contributed by atoms with Gasteiger partial charge >= 0.3 is 0 Å². The molecule has 1 amide bonds. The SMILES string of the molecule is CCCc1cc(C(=O)NCC#Cc2ccccc2)sc1C. The fourth-order valence-electron chi connectivity index (χ4n) is 2.03.